The lowest BCUT2D eigenvalue weighted by Gasteiger charge is -2.33. The molecule has 0 bridgehead atoms. The Morgan fingerprint density at radius 1 is 1.19 bits per heavy atom. The molecule has 5 nitrogen and oxygen atoms in total. The highest BCUT2D eigenvalue weighted by atomic mass is 32.1. The maximum Gasteiger partial charge on any atom is 0.140 e. The molecule has 0 unspecified atom stereocenters. The van der Waals surface area contributed by atoms with Gasteiger partial charge < -0.3 is 15.1 Å². The Balaban J connectivity index is 1.40. The third-order valence-corrected chi connectivity index (χ3v) is 8.29. The first-order valence-electron chi connectivity index (χ1n) is 9.98. The summed E-state index contributed by atoms with van der Waals surface area (Å²) >= 11 is 3.75. The number of nitrogens with one attached hydrogen (secondary N) is 3. The van der Waals surface area contributed by atoms with Crippen molar-refractivity contribution in [3.8, 4) is 0 Å². The molecule has 3 aromatic rings. The van der Waals surface area contributed by atoms with Crippen LogP contribution in [-0.4, -0.2) is 49.7 Å². The molecule has 1 aliphatic carbocycles. The molecule has 4 heterocycles. The van der Waals surface area contributed by atoms with Gasteiger partial charge in [-0.3, -0.25) is 0 Å². The van der Waals surface area contributed by atoms with Crippen LogP contribution in [0.1, 0.15) is 27.8 Å². The zero-order valence-electron chi connectivity index (χ0n) is 15.8. The molecule has 0 spiro atoms. The normalized spacial score (nSPS) is 23.4. The summed E-state index contributed by atoms with van der Waals surface area (Å²) in [5.41, 5.74) is 1.50. The maximum absolute atomic E-state index is 4.64. The average molecular weight is 402 g/mol. The third-order valence-electron chi connectivity index (χ3n) is 6.10. The number of quaternary nitrogens is 2. The van der Waals surface area contributed by atoms with Crippen LogP contribution in [0.5, 0.6) is 0 Å². The molecule has 5 rings (SSSR count). The molecule has 7 heteroatoms. The number of aryl methyl sites for hydroxylation is 2. The van der Waals surface area contributed by atoms with Gasteiger partial charge in [0.2, 0.25) is 0 Å². The van der Waals surface area contributed by atoms with E-state index in [9.17, 15) is 0 Å². The minimum absolute atomic E-state index is 0.495. The highest BCUT2D eigenvalue weighted by molar-refractivity contribution is 7.19. The topological polar surface area (TPSA) is 46.7 Å². The fourth-order valence-electron chi connectivity index (χ4n) is 4.54. The van der Waals surface area contributed by atoms with Crippen molar-refractivity contribution in [1.82, 2.24) is 9.97 Å². The fourth-order valence-corrected chi connectivity index (χ4v) is 6.66. The quantitative estimate of drug-likeness (QED) is 0.593. The fraction of sp³-hybridized carbons (Fsp3) is 0.500. The summed E-state index contributed by atoms with van der Waals surface area (Å²) in [5, 5.41) is 7.23. The van der Waals surface area contributed by atoms with Gasteiger partial charge in [0.1, 0.15) is 49.2 Å². The molecule has 1 saturated heterocycles. The second-order valence-electron chi connectivity index (χ2n) is 7.82. The minimum atomic E-state index is 0.495. The van der Waals surface area contributed by atoms with E-state index in [1.807, 2.05) is 22.7 Å². The summed E-state index contributed by atoms with van der Waals surface area (Å²) in [7, 11) is 2.31. The monoisotopic (exact) mass is 401 g/mol. The van der Waals surface area contributed by atoms with Gasteiger partial charge >= 0.3 is 0 Å². The largest absolute Gasteiger partial charge is 0.363 e. The standard InChI is InChI=1S/C20H25N5S2/c1-24-7-9-25(10-8-24)15(17-6-3-11-26-17)12-21-19-18-14-4-2-5-16(14)27-20(18)23-13-22-19/h3,6,11,13,15H,2,4-5,7-10,12H2,1H3,(H,21,22,23)/p+2/t15-/m0/s1. The van der Waals surface area contributed by atoms with Crippen LogP contribution in [0.2, 0.25) is 0 Å². The number of thiophene rings is 2. The molecule has 27 heavy (non-hydrogen) atoms. The lowest BCUT2D eigenvalue weighted by atomic mass is 10.1. The number of hydrogen-bond acceptors (Lipinski definition) is 5. The van der Waals surface area contributed by atoms with Crippen LogP contribution in [0.4, 0.5) is 5.82 Å². The van der Waals surface area contributed by atoms with Crippen molar-refractivity contribution >= 4 is 38.7 Å². The highest BCUT2D eigenvalue weighted by Crippen LogP contribution is 2.39. The summed E-state index contributed by atoms with van der Waals surface area (Å²) < 4.78 is 0. The van der Waals surface area contributed by atoms with E-state index in [2.05, 4.69) is 39.8 Å². The van der Waals surface area contributed by atoms with E-state index in [1.54, 1.807) is 16.1 Å². The molecule has 3 N–H and O–H groups in total. The lowest BCUT2D eigenvalue weighted by Crippen LogP contribution is -3.27. The second kappa shape index (κ2) is 7.47. The SMILES string of the molecule is C[NH+]1CC[NH+]([C@@H](CNc2ncnc3sc4c(c23)CCC4)c2cccs2)CC1. The van der Waals surface area contributed by atoms with Crippen molar-refractivity contribution in [2.75, 3.05) is 45.1 Å². The van der Waals surface area contributed by atoms with Crippen molar-refractivity contribution in [3.05, 3.63) is 39.2 Å². The highest BCUT2D eigenvalue weighted by Gasteiger charge is 2.30. The minimum Gasteiger partial charge on any atom is -0.363 e. The third kappa shape index (κ3) is 3.38. The second-order valence-corrected chi connectivity index (χ2v) is 9.89. The Morgan fingerprint density at radius 2 is 2.07 bits per heavy atom. The Hall–Kier alpha value is -1.54. The molecule has 1 fully saturated rings. The van der Waals surface area contributed by atoms with Crippen LogP contribution in [0.3, 0.4) is 0 Å². The number of rotatable bonds is 5. The van der Waals surface area contributed by atoms with Gasteiger partial charge in [-0.2, -0.15) is 0 Å². The maximum atomic E-state index is 4.64. The van der Waals surface area contributed by atoms with Crippen molar-refractivity contribution in [3.63, 3.8) is 0 Å². The Bertz CT molecular complexity index is 912. The predicted molar refractivity (Wildman–Crippen MR) is 112 cm³/mol. The van der Waals surface area contributed by atoms with Gasteiger partial charge in [0, 0.05) is 4.88 Å². The van der Waals surface area contributed by atoms with E-state index in [0.717, 1.165) is 17.2 Å². The van der Waals surface area contributed by atoms with Gasteiger partial charge in [0.05, 0.1) is 23.9 Å². The molecule has 1 atom stereocenters. The zero-order chi connectivity index (χ0) is 18.2. The lowest BCUT2D eigenvalue weighted by molar-refractivity contribution is -1.02. The molecular weight excluding hydrogens is 374 g/mol. The summed E-state index contributed by atoms with van der Waals surface area (Å²) in [4.78, 5) is 16.7. The van der Waals surface area contributed by atoms with Crippen LogP contribution >= 0.6 is 22.7 Å². The number of piperazine rings is 1. The number of nitrogens with zero attached hydrogens (tertiary/aromatic N) is 2. The van der Waals surface area contributed by atoms with E-state index in [0.29, 0.717) is 6.04 Å². The van der Waals surface area contributed by atoms with Gasteiger partial charge in [-0.05, 0) is 36.3 Å². The van der Waals surface area contributed by atoms with E-state index < -0.39 is 0 Å². The first kappa shape index (κ1) is 17.6. The number of likely N-dealkylation sites (N-methyl/N-ethyl adjacent to an activating group) is 1. The van der Waals surface area contributed by atoms with Crippen molar-refractivity contribution < 1.29 is 9.80 Å². The summed E-state index contributed by atoms with van der Waals surface area (Å²) in [6.45, 7) is 5.93. The molecule has 3 aromatic heterocycles. The number of hydrogen-bond donors (Lipinski definition) is 3. The summed E-state index contributed by atoms with van der Waals surface area (Å²) in [6, 6.07) is 4.98. The molecule has 1 aliphatic heterocycles. The predicted octanol–water partition coefficient (Wildman–Crippen LogP) is 0.808. The molecule has 0 aromatic carbocycles. The number of fused-ring (bicyclic) bond motifs is 3. The Kier molecular flexibility index (Phi) is 4.85. The van der Waals surface area contributed by atoms with Crippen molar-refractivity contribution in [1.29, 1.82) is 0 Å². The molecule has 2 aliphatic rings. The van der Waals surface area contributed by atoms with E-state index >= 15 is 0 Å². The Labute approximate surface area is 168 Å². The molecule has 0 radical (unpaired) electrons. The van der Waals surface area contributed by atoms with Gasteiger partial charge in [-0.15, -0.1) is 22.7 Å². The zero-order valence-corrected chi connectivity index (χ0v) is 17.4. The van der Waals surface area contributed by atoms with Crippen molar-refractivity contribution in [2.45, 2.75) is 25.3 Å². The Morgan fingerprint density at radius 3 is 2.89 bits per heavy atom. The van der Waals surface area contributed by atoms with Crippen molar-refractivity contribution in [2.24, 2.45) is 0 Å². The summed E-state index contributed by atoms with van der Waals surface area (Å²) in [5.74, 6) is 1.04. The molecule has 0 saturated carbocycles. The van der Waals surface area contributed by atoms with Crippen LogP contribution in [0.25, 0.3) is 10.2 Å². The van der Waals surface area contributed by atoms with Gasteiger partial charge in [0.15, 0.2) is 0 Å². The first-order valence-corrected chi connectivity index (χ1v) is 11.7. The molecule has 0 amide bonds. The van der Waals surface area contributed by atoms with Crippen LogP contribution in [0, 0.1) is 0 Å². The number of anilines is 1. The average Bonchev–Trinajstić information content (AvgIpc) is 3.40. The van der Waals surface area contributed by atoms with Crippen LogP contribution < -0.4 is 15.1 Å². The van der Waals surface area contributed by atoms with E-state index in [4.69, 9.17) is 0 Å². The van der Waals surface area contributed by atoms with E-state index in [-0.39, 0.29) is 0 Å². The van der Waals surface area contributed by atoms with Gasteiger partial charge in [0.25, 0.3) is 0 Å². The number of aromatic nitrogens is 2. The molecule has 142 valence electrons. The van der Waals surface area contributed by atoms with Crippen LogP contribution in [-0.2, 0) is 12.8 Å². The van der Waals surface area contributed by atoms with Gasteiger partial charge in [-0.1, -0.05) is 6.07 Å². The smallest absolute Gasteiger partial charge is 0.140 e. The molecular formula is C20H27N5S2+2. The van der Waals surface area contributed by atoms with E-state index in [1.165, 1.54) is 66.1 Å². The van der Waals surface area contributed by atoms with Gasteiger partial charge in [-0.25, -0.2) is 9.97 Å². The first-order chi connectivity index (χ1) is 13.3. The van der Waals surface area contributed by atoms with Crippen LogP contribution in [0.15, 0.2) is 23.8 Å². The summed E-state index contributed by atoms with van der Waals surface area (Å²) in [6.07, 6.45) is 5.39.